The minimum absolute atomic E-state index is 0.0518. The molecule has 1 aromatic carbocycles. The standard InChI is InChI=1S/C35H41NO7/c1-16(2)26-24-15-21-14-23-22(20-9-8-19(13-20)12-18-6-4-17(3)5-7-18)10-11-25(37)28(23)31(39)27(21)32(40)35(24,43)33(41)29(30(26)38)34(36)42/h8-11,16-18,21,24,26-27,29,37,43H,4-7,12-15H2,1-3H3,(H2,36,42)/t17?,18?,21-,24-,26-,27?,29?,35-/m0/s1. The van der Waals surface area contributed by atoms with Gasteiger partial charge in [-0.25, -0.2) is 0 Å². The Hall–Kier alpha value is -3.39. The Morgan fingerprint density at radius 2 is 1.74 bits per heavy atom. The second-order valence-corrected chi connectivity index (χ2v) is 14.2. The first-order valence-corrected chi connectivity index (χ1v) is 15.8. The zero-order chi connectivity index (χ0) is 31.0. The van der Waals surface area contributed by atoms with Crippen LogP contribution in [0.2, 0.25) is 0 Å². The fraction of sp³-hybridized carbons (Fsp3) is 0.571. The van der Waals surface area contributed by atoms with E-state index in [0.717, 1.165) is 29.9 Å². The molecule has 1 aromatic rings. The van der Waals surface area contributed by atoms with Crippen LogP contribution in [-0.2, 0) is 25.6 Å². The van der Waals surface area contributed by atoms with Gasteiger partial charge in [0.1, 0.15) is 5.75 Å². The maximum absolute atomic E-state index is 14.0. The molecule has 3 fully saturated rings. The molecule has 228 valence electrons. The van der Waals surface area contributed by atoms with E-state index in [2.05, 4.69) is 19.1 Å². The zero-order valence-corrected chi connectivity index (χ0v) is 25.1. The van der Waals surface area contributed by atoms with E-state index in [9.17, 15) is 34.2 Å². The molecule has 8 nitrogen and oxygen atoms in total. The number of hydrogen-bond acceptors (Lipinski definition) is 7. The van der Waals surface area contributed by atoms with Crippen LogP contribution in [0.25, 0.3) is 5.57 Å². The monoisotopic (exact) mass is 587 g/mol. The second kappa shape index (κ2) is 10.7. The normalized spacial score (nSPS) is 35.7. The van der Waals surface area contributed by atoms with Crippen LogP contribution in [0.5, 0.6) is 5.75 Å². The minimum atomic E-state index is -2.67. The summed E-state index contributed by atoms with van der Waals surface area (Å²) in [6, 6.07) is 3.30. The van der Waals surface area contributed by atoms with Gasteiger partial charge in [-0.3, -0.25) is 24.0 Å². The van der Waals surface area contributed by atoms with Gasteiger partial charge in [0.15, 0.2) is 34.7 Å². The van der Waals surface area contributed by atoms with Gasteiger partial charge in [0.2, 0.25) is 5.91 Å². The third kappa shape index (κ3) is 4.55. The Kier molecular flexibility index (Phi) is 7.35. The van der Waals surface area contributed by atoms with Crippen molar-refractivity contribution in [2.24, 2.45) is 53.1 Å². The van der Waals surface area contributed by atoms with Crippen molar-refractivity contribution < 1.29 is 34.2 Å². The van der Waals surface area contributed by atoms with Crippen LogP contribution in [0, 0.1) is 47.3 Å². The third-order valence-electron chi connectivity index (χ3n) is 11.2. The average molecular weight is 588 g/mol. The van der Waals surface area contributed by atoms with Crippen molar-refractivity contribution >= 4 is 34.6 Å². The lowest BCUT2D eigenvalue weighted by atomic mass is 9.49. The molecule has 1 amide bonds. The van der Waals surface area contributed by atoms with Crippen molar-refractivity contribution in [1.29, 1.82) is 0 Å². The highest BCUT2D eigenvalue weighted by molar-refractivity contribution is 6.32. The first kappa shape index (κ1) is 29.7. The van der Waals surface area contributed by atoms with Crippen molar-refractivity contribution in [1.82, 2.24) is 0 Å². The molecule has 43 heavy (non-hydrogen) atoms. The van der Waals surface area contributed by atoms with Gasteiger partial charge in [-0.2, -0.15) is 0 Å². The van der Waals surface area contributed by atoms with Crippen LogP contribution >= 0.6 is 0 Å². The fourth-order valence-corrected chi connectivity index (χ4v) is 8.97. The quantitative estimate of drug-likeness (QED) is 0.438. The number of hydrogen-bond donors (Lipinski definition) is 3. The number of rotatable bonds is 5. The van der Waals surface area contributed by atoms with Crippen LogP contribution in [-0.4, -0.2) is 44.9 Å². The Morgan fingerprint density at radius 1 is 1.05 bits per heavy atom. The molecule has 6 rings (SSSR count). The smallest absolute Gasteiger partial charge is 0.235 e. The molecular formula is C35H41NO7. The highest BCUT2D eigenvalue weighted by atomic mass is 16.3. The van der Waals surface area contributed by atoms with Crippen molar-refractivity contribution in [2.75, 3.05) is 0 Å². The molecule has 6 atom stereocenters. The van der Waals surface area contributed by atoms with E-state index in [1.54, 1.807) is 13.8 Å². The number of Topliss-reactive ketones (excluding diaryl/α,β-unsaturated/α-hetero) is 4. The predicted octanol–water partition coefficient (Wildman–Crippen LogP) is 4.14. The second-order valence-electron chi connectivity index (χ2n) is 14.2. The fourth-order valence-electron chi connectivity index (χ4n) is 8.97. The number of aliphatic hydroxyl groups is 1. The number of phenolic OH excluding ortho intramolecular Hbond substituents is 1. The topological polar surface area (TPSA) is 152 Å². The summed E-state index contributed by atoms with van der Waals surface area (Å²) >= 11 is 0. The lowest BCUT2D eigenvalue weighted by Crippen LogP contribution is -2.71. The summed E-state index contributed by atoms with van der Waals surface area (Å²) in [6.07, 6.45) is 11.5. The van der Waals surface area contributed by atoms with E-state index in [0.29, 0.717) is 11.5 Å². The molecule has 0 aromatic heterocycles. The summed E-state index contributed by atoms with van der Waals surface area (Å²) < 4.78 is 0. The number of phenols is 1. The van der Waals surface area contributed by atoms with E-state index in [1.807, 2.05) is 6.07 Å². The minimum Gasteiger partial charge on any atom is -0.507 e. The van der Waals surface area contributed by atoms with E-state index in [4.69, 9.17) is 5.73 Å². The number of carbonyl (C=O) groups is 5. The molecule has 8 heteroatoms. The van der Waals surface area contributed by atoms with Crippen LogP contribution in [0.3, 0.4) is 0 Å². The summed E-state index contributed by atoms with van der Waals surface area (Å²) in [5.41, 5.74) is 6.74. The molecular weight excluding hydrogens is 546 g/mol. The van der Waals surface area contributed by atoms with E-state index >= 15 is 0 Å². The van der Waals surface area contributed by atoms with Gasteiger partial charge in [-0.1, -0.05) is 57.4 Å². The maximum Gasteiger partial charge on any atom is 0.235 e. The Morgan fingerprint density at radius 3 is 2.40 bits per heavy atom. The molecule has 0 aliphatic heterocycles. The Bertz CT molecular complexity index is 1490. The summed E-state index contributed by atoms with van der Waals surface area (Å²) in [5, 5.41) is 22.6. The molecule has 0 heterocycles. The van der Waals surface area contributed by atoms with Gasteiger partial charge in [-0.15, -0.1) is 0 Å². The third-order valence-corrected chi connectivity index (χ3v) is 11.2. The van der Waals surface area contributed by atoms with E-state index in [-0.39, 0.29) is 30.1 Å². The Balaban J connectivity index is 1.32. The number of benzene rings is 1. The van der Waals surface area contributed by atoms with Gasteiger partial charge in [0.25, 0.3) is 0 Å². The molecule has 5 aliphatic rings. The number of amides is 1. The molecule has 5 aliphatic carbocycles. The van der Waals surface area contributed by atoms with Crippen LogP contribution < -0.4 is 5.73 Å². The number of carbonyl (C=O) groups excluding carboxylic acids is 5. The van der Waals surface area contributed by atoms with Gasteiger partial charge in [0.05, 0.1) is 11.5 Å². The van der Waals surface area contributed by atoms with Crippen molar-refractivity contribution in [2.45, 2.75) is 77.7 Å². The lowest BCUT2D eigenvalue weighted by molar-refractivity contribution is -0.182. The highest BCUT2D eigenvalue weighted by Gasteiger charge is 2.69. The van der Waals surface area contributed by atoms with Crippen LogP contribution in [0.15, 0.2) is 29.9 Å². The van der Waals surface area contributed by atoms with Crippen molar-refractivity contribution in [3.8, 4) is 5.75 Å². The SMILES string of the molecule is CC1CCC(CC2=CC=C(c3ccc(O)c4c3C[C@H]3C[C@H]5[C@H](C(C)C)C(=O)C(C(N)=O)C(=O)[C@@]5(O)C(=O)C3C4=O)C2)CC1. The number of allylic oxidation sites excluding steroid dienone is 4. The van der Waals surface area contributed by atoms with Crippen LogP contribution in [0.4, 0.5) is 0 Å². The van der Waals surface area contributed by atoms with Gasteiger partial charge in [0, 0.05) is 11.8 Å². The van der Waals surface area contributed by atoms with Crippen LogP contribution in [0.1, 0.15) is 87.2 Å². The maximum atomic E-state index is 14.0. The molecule has 0 bridgehead atoms. The predicted molar refractivity (Wildman–Crippen MR) is 159 cm³/mol. The molecule has 3 saturated carbocycles. The van der Waals surface area contributed by atoms with Crippen molar-refractivity contribution in [3.05, 3.63) is 46.5 Å². The molecule has 0 saturated heterocycles. The lowest BCUT2D eigenvalue weighted by Gasteiger charge is -2.52. The molecule has 2 unspecified atom stereocenters. The summed E-state index contributed by atoms with van der Waals surface area (Å²) in [7, 11) is 0. The average Bonchev–Trinajstić information content (AvgIpc) is 3.40. The van der Waals surface area contributed by atoms with Gasteiger partial charge in [-0.05, 0) is 85.0 Å². The summed E-state index contributed by atoms with van der Waals surface area (Å²) in [5.74, 6) is -9.76. The summed E-state index contributed by atoms with van der Waals surface area (Å²) in [6.45, 7) is 5.81. The zero-order valence-electron chi connectivity index (χ0n) is 25.1. The first-order valence-electron chi connectivity index (χ1n) is 15.8. The first-order chi connectivity index (χ1) is 20.3. The molecule has 0 radical (unpaired) electrons. The number of fused-ring (bicyclic) bond motifs is 3. The largest absolute Gasteiger partial charge is 0.507 e. The number of nitrogens with two attached hydrogens (primary N) is 1. The van der Waals surface area contributed by atoms with E-state index in [1.165, 1.54) is 37.3 Å². The molecule has 0 spiro atoms. The number of primary amides is 1. The van der Waals surface area contributed by atoms with Crippen molar-refractivity contribution in [3.63, 3.8) is 0 Å². The van der Waals surface area contributed by atoms with Gasteiger partial charge >= 0.3 is 0 Å². The van der Waals surface area contributed by atoms with E-state index < -0.39 is 64.2 Å². The highest BCUT2D eigenvalue weighted by Crippen LogP contribution is 2.54. The number of ketones is 4. The Labute approximate surface area is 251 Å². The van der Waals surface area contributed by atoms with Gasteiger partial charge < -0.3 is 15.9 Å². The summed E-state index contributed by atoms with van der Waals surface area (Å²) in [4.78, 5) is 67.1. The number of aromatic hydroxyl groups is 1. The molecule has 4 N–H and O–H groups in total.